The Morgan fingerprint density at radius 3 is 2.00 bits per heavy atom. The van der Waals surface area contributed by atoms with E-state index in [-0.39, 0.29) is 6.29 Å². The quantitative estimate of drug-likeness (QED) is 0.550. The van der Waals surface area contributed by atoms with Gasteiger partial charge in [-0.25, -0.2) is 0 Å². The van der Waals surface area contributed by atoms with Gasteiger partial charge in [-0.05, 0) is 0 Å². The second-order valence-electron chi connectivity index (χ2n) is 1.12. The van der Waals surface area contributed by atoms with E-state index in [1.807, 2.05) is 0 Å². The molecule has 0 aliphatic carbocycles. The second-order valence-corrected chi connectivity index (χ2v) is 2.61. The molecule has 1 atom stereocenters. The molecule has 6 heteroatoms. The minimum absolute atomic E-state index is 0.0242. The molecule has 0 aromatic heterocycles. The highest BCUT2D eigenvalue weighted by molar-refractivity contribution is 7.86. The molecule has 0 saturated carbocycles. The average Bonchev–Trinajstić information content (AvgIpc) is 1.64. The molecule has 0 radical (unpaired) electrons. The van der Waals surface area contributed by atoms with Gasteiger partial charge in [0.15, 0.2) is 0 Å². The smallest absolute Gasteiger partial charge is 0.302 e. The molecule has 0 N–H and O–H groups in total. The van der Waals surface area contributed by atoms with Crippen molar-refractivity contribution >= 4 is 17.1 Å². The third kappa shape index (κ3) is 3.23. The van der Waals surface area contributed by atoms with E-state index < -0.39 is 22.1 Å². The Bertz CT molecular complexity index is 130. The molecule has 9 heavy (non-hydrogen) atoms. The van der Waals surface area contributed by atoms with Gasteiger partial charge in [-0.2, -0.15) is 13.2 Å². The highest BCUT2D eigenvalue weighted by atomic mass is 32.2. The van der Waals surface area contributed by atoms with Crippen LogP contribution in [-0.4, -0.2) is 21.8 Å². The summed E-state index contributed by atoms with van der Waals surface area (Å²) in [6.45, 7) is 0. The first-order chi connectivity index (χ1) is 3.98. The van der Waals surface area contributed by atoms with Gasteiger partial charge in [0.2, 0.25) is 0 Å². The standard InChI is InChI=1S/C3H3F3O2S/c4-3(5,6)9(8)2-1-7/h1H,2H2. The van der Waals surface area contributed by atoms with Crippen molar-refractivity contribution in [3.05, 3.63) is 0 Å². The highest BCUT2D eigenvalue weighted by Crippen LogP contribution is 2.18. The number of carbonyl (C=O) groups excluding carboxylic acids is 1. The number of halogens is 3. The molecule has 2 nitrogen and oxygen atoms in total. The SMILES string of the molecule is O=CCS(=O)C(F)(F)F. The van der Waals surface area contributed by atoms with Crippen LogP contribution in [0.5, 0.6) is 0 Å². The maximum atomic E-state index is 11.2. The topological polar surface area (TPSA) is 34.1 Å². The van der Waals surface area contributed by atoms with E-state index in [1.54, 1.807) is 0 Å². The third-order valence-electron chi connectivity index (χ3n) is 0.478. The molecule has 0 saturated heterocycles. The summed E-state index contributed by atoms with van der Waals surface area (Å²) < 4.78 is 43.4. The number of hydrogen-bond donors (Lipinski definition) is 0. The van der Waals surface area contributed by atoms with Gasteiger partial charge in [0.25, 0.3) is 0 Å². The van der Waals surface area contributed by atoms with E-state index in [9.17, 15) is 22.2 Å². The molecule has 0 bridgehead atoms. The van der Waals surface area contributed by atoms with Crippen LogP contribution in [0.15, 0.2) is 0 Å². The normalized spacial score (nSPS) is 15.0. The number of aldehydes is 1. The average molecular weight is 160 g/mol. The van der Waals surface area contributed by atoms with Gasteiger partial charge in [-0.1, -0.05) is 0 Å². The minimum Gasteiger partial charge on any atom is -0.302 e. The van der Waals surface area contributed by atoms with Crippen molar-refractivity contribution < 1.29 is 22.2 Å². The van der Waals surface area contributed by atoms with Crippen molar-refractivity contribution in [2.24, 2.45) is 0 Å². The summed E-state index contributed by atoms with van der Waals surface area (Å²) in [5, 5.41) is 0. The van der Waals surface area contributed by atoms with Crippen molar-refractivity contribution in [1.82, 2.24) is 0 Å². The predicted molar refractivity (Wildman–Crippen MR) is 25.1 cm³/mol. The lowest BCUT2D eigenvalue weighted by Gasteiger charge is -2.00. The Kier molecular flexibility index (Phi) is 2.83. The zero-order chi connectivity index (χ0) is 7.49. The summed E-state index contributed by atoms with van der Waals surface area (Å²) in [5.74, 6) is -0.969. The summed E-state index contributed by atoms with van der Waals surface area (Å²) in [5.41, 5.74) is -4.75. The van der Waals surface area contributed by atoms with Crippen LogP contribution in [-0.2, 0) is 15.6 Å². The Morgan fingerprint density at radius 1 is 1.44 bits per heavy atom. The van der Waals surface area contributed by atoms with E-state index in [4.69, 9.17) is 0 Å². The van der Waals surface area contributed by atoms with E-state index in [2.05, 4.69) is 0 Å². The van der Waals surface area contributed by atoms with Crippen molar-refractivity contribution in [3.63, 3.8) is 0 Å². The van der Waals surface area contributed by atoms with Gasteiger partial charge in [-0.3, -0.25) is 4.21 Å². The Balaban J connectivity index is 3.88. The van der Waals surface area contributed by atoms with Crippen LogP contribution in [0.2, 0.25) is 0 Å². The van der Waals surface area contributed by atoms with E-state index in [0.717, 1.165) is 0 Å². The van der Waals surface area contributed by atoms with Gasteiger partial charge in [0.1, 0.15) is 17.1 Å². The molecule has 54 valence electrons. The Hall–Kier alpha value is -0.390. The van der Waals surface area contributed by atoms with Crippen LogP contribution in [0.4, 0.5) is 13.2 Å². The summed E-state index contributed by atoms with van der Waals surface area (Å²) in [6.07, 6.45) is -0.0242. The fourth-order valence-electron chi connectivity index (χ4n) is 0.156. The van der Waals surface area contributed by atoms with Gasteiger partial charge < -0.3 is 4.79 Å². The lowest BCUT2D eigenvalue weighted by atomic mass is 10.9. The Labute approximate surface area is 51.5 Å². The van der Waals surface area contributed by atoms with Gasteiger partial charge in [0.05, 0.1) is 5.75 Å². The number of alkyl halides is 3. The maximum Gasteiger partial charge on any atom is 0.471 e. The zero-order valence-electron chi connectivity index (χ0n) is 4.14. The summed E-state index contributed by atoms with van der Waals surface area (Å²) in [6, 6.07) is 0. The first-order valence-electron chi connectivity index (χ1n) is 1.87. The van der Waals surface area contributed by atoms with Gasteiger partial charge in [0, 0.05) is 0 Å². The largest absolute Gasteiger partial charge is 0.471 e. The number of hydrogen-bond acceptors (Lipinski definition) is 2. The van der Waals surface area contributed by atoms with Crippen LogP contribution < -0.4 is 0 Å². The van der Waals surface area contributed by atoms with E-state index >= 15 is 0 Å². The third-order valence-corrected chi connectivity index (χ3v) is 1.43. The molecule has 0 aromatic carbocycles. The first kappa shape index (κ1) is 8.61. The number of carbonyl (C=O) groups is 1. The predicted octanol–water partition coefficient (Wildman–Crippen LogP) is 0.454. The molecule has 0 heterocycles. The van der Waals surface area contributed by atoms with Crippen molar-refractivity contribution in [2.45, 2.75) is 5.51 Å². The summed E-state index contributed by atoms with van der Waals surface area (Å²) >= 11 is 0. The molecular weight excluding hydrogens is 157 g/mol. The van der Waals surface area contributed by atoms with Crippen LogP contribution in [0.25, 0.3) is 0 Å². The molecular formula is C3H3F3O2S. The molecule has 0 aliphatic rings. The van der Waals surface area contributed by atoms with Crippen LogP contribution in [0, 0.1) is 0 Å². The van der Waals surface area contributed by atoms with Crippen LogP contribution in [0.3, 0.4) is 0 Å². The summed E-state index contributed by atoms with van der Waals surface area (Å²) in [7, 11) is -3.01. The molecule has 1 unspecified atom stereocenters. The molecule has 0 fully saturated rings. The van der Waals surface area contributed by atoms with Crippen molar-refractivity contribution in [2.75, 3.05) is 5.75 Å². The lowest BCUT2D eigenvalue weighted by molar-refractivity contribution is -0.106. The highest BCUT2D eigenvalue weighted by Gasteiger charge is 2.35. The zero-order valence-corrected chi connectivity index (χ0v) is 4.96. The maximum absolute atomic E-state index is 11.2. The summed E-state index contributed by atoms with van der Waals surface area (Å²) in [4.78, 5) is 9.37. The molecule has 0 aliphatic heterocycles. The van der Waals surface area contributed by atoms with Crippen LogP contribution in [0.1, 0.15) is 0 Å². The Morgan fingerprint density at radius 2 is 1.89 bits per heavy atom. The van der Waals surface area contributed by atoms with Crippen molar-refractivity contribution in [1.29, 1.82) is 0 Å². The molecule has 0 spiro atoms. The molecule has 0 rings (SSSR count). The van der Waals surface area contributed by atoms with Gasteiger partial charge >= 0.3 is 5.51 Å². The second kappa shape index (κ2) is 2.95. The van der Waals surface area contributed by atoms with E-state index in [0.29, 0.717) is 0 Å². The lowest BCUT2D eigenvalue weighted by Crippen LogP contribution is -2.19. The van der Waals surface area contributed by atoms with Crippen molar-refractivity contribution in [3.8, 4) is 0 Å². The molecule has 0 amide bonds. The van der Waals surface area contributed by atoms with E-state index in [1.165, 1.54) is 0 Å². The monoisotopic (exact) mass is 160 g/mol. The minimum atomic E-state index is -4.75. The number of rotatable bonds is 2. The molecule has 0 aromatic rings. The fourth-order valence-corrected chi connectivity index (χ4v) is 0.469. The van der Waals surface area contributed by atoms with Gasteiger partial charge in [-0.15, -0.1) is 0 Å². The first-order valence-corrected chi connectivity index (χ1v) is 3.19. The fraction of sp³-hybridized carbons (Fsp3) is 0.667. The van der Waals surface area contributed by atoms with Crippen LogP contribution >= 0.6 is 0 Å².